The van der Waals surface area contributed by atoms with Gasteiger partial charge in [0, 0.05) is 11.1 Å². The molecular weight excluding hydrogens is 300 g/mol. The van der Waals surface area contributed by atoms with Gasteiger partial charge in [-0.25, -0.2) is 13.2 Å². The van der Waals surface area contributed by atoms with Crippen molar-refractivity contribution in [3.8, 4) is 0 Å². The van der Waals surface area contributed by atoms with Crippen molar-refractivity contribution in [3.63, 3.8) is 0 Å². The minimum absolute atomic E-state index is 0.00903. The molecule has 8 heteroatoms. The van der Waals surface area contributed by atoms with Crippen LogP contribution in [0.5, 0.6) is 0 Å². The number of pyridine rings is 1. The number of carbonyl (C=O) groups is 1. The highest BCUT2D eigenvalue weighted by atomic mass is 32.2. The highest BCUT2D eigenvalue weighted by Crippen LogP contribution is 2.27. The van der Waals surface area contributed by atoms with Crippen molar-refractivity contribution in [3.05, 3.63) is 39.8 Å². The van der Waals surface area contributed by atoms with Crippen molar-refractivity contribution in [1.29, 1.82) is 0 Å². The second-order valence-electron chi connectivity index (χ2n) is 4.19. The molecule has 0 unspecified atom stereocenters. The Kier molecular flexibility index (Phi) is 3.78. The van der Waals surface area contributed by atoms with Crippen LogP contribution < -0.4 is 4.72 Å². The molecule has 6 nitrogen and oxygen atoms in total. The lowest BCUT2D eigenvalue weighted by Gasteiger charge is -2.07. The monoisotopic (exact) mass is 312 g/mol. The average Bonchev–Trinajstić information content (AvgIpc) is 2.71. The Labute approximate surface area is 120 Å². The summed E-state index contributed by atoms with van der Waals surface area (Å²) in [6, 6.07) is 2.80. The summed E-state index contributed by atoms with van der Waals surface area (Å²) in [5, 5.41) is 8.90. The van der Waals surface area contributed by atoms with E-state index in [9.17, 15) is 13.2 Å². The summed E-state index contributed by atoms with van der Waals surface area (Å²) < 4.78 is 26.9. The number of aromatic nitrogens is 1. The summed E-state index contributed by atoms with van der Waals surface area (Å²) in [7, 11) is -3.82. The van der Waals surface area contributed by atoms with Gasteiger partial charge in [0.1, 0.15) is 9.77 Å². The van der Waals surface area contributed by atoms with Crippen LogP contribution in [-0.2, 0) is 10.0 Å². The van der Waals surface area contributed by atoms with E-state index in [0.717, 1.165) is 23.0 Å². The Morgan fingerprint density at radius 1 is 1.30 bits per heavy atom. The molecule has 0 aliphatic heterocycles. The molecule has 0 radical (unpaired) electrons. The number of carboxylic acid groups (broad SMARTS) is 1. The molecule has 2 aromatic rings. The number of nitrogens with one attached hydrogen (secondary N) is 1. The Hall–Kier alpha value is -1.93. The zero-order valence-corrected chi connectivity index (χ0v) is 12.4. The first-order chi connectivity index (χ1) is 9.29. The third-order valence-electron chi connectivity index (χ3n) is 2.50. The highest BCUT2D eigenvalue weighted by Gasteiger charge is 2.22. The molecule has 2 heterocycles. The van der Waals surface area contributed by atoms with Crippen molar-refractivity contribution >= 4 is 33.0 Å². The number of hydrogen-bond donors (Lipinski definition) is 2. The van der Waals surface area contributed by atoms with Gasteiger partial charge in [-0.1, -0.05) is 0 Å². The molecule has 2 N–H and O–H groups in total. The third-order valence-corrected chi connectivity index (χ3v) is 5.17. The molecular formula is C12H12N2O4S2. The lowest BCUT2D eigenvalue weighted by Crippen LogP contribution is -2.13. The van der Waals surface area contributed by atoms with Crippen molar-refractivity contribution in [1.82, 2.24) is 4.98 Å². The van der Waals surface area contributed by atoms with Crippen molar-refractivity contribution < 1.29 is 18.3 Å². The Morgan fingerprint density at radius 3 is 2.55 bits per heavy atom. The number of aromatic carboxylic acids is 1. The van der Waals surface area contributed by atoms with Gasteiger partial charge >= 0.3 is 5.97 Å². The minimum Gasteiger partial charge on any atom is -0.477 e. The first-order valence-electron chi connectivity index (χ1n) is 5.58. The molecule has 0 spiro atoms. The molecule has 0 aliphatic rings. The number of hydrogen-bond acceptors (Lipinski definition) is 5. The van der Waals surface area contributed by atoms with E-state index in [4.69, 9.17) is 5.11 Å². The van der Waals surface area contributed by atoms with E-state index in [1.54, 1.807) is 26.1 Å². The average molecular weight is 312 g/mol. The van der Waals surface area contributed by atoms with Gasteiger partial charge in [0.2, 0.25) is 0 Å². The van der Waals surface area contributed by atoms with Gasteiger partial charge in [0.15, 0.2) is 0 Å². The van der Waals surface area contributed by atoms with Crippen molar-refractivity contribution in [2.75, 3.05) is 4.72 Å². The smallest absolute Gasteiger partial charge is 0.345 e. The molecule has 0 bridgehead atoms. The van der Waals surface area contributed by atoms with Crippen LogP contribution in [-0.4, -0.2) is 24.5 Å². The van der Waals surface area contributed by atoms with Crippen LogP contribution in [0.1, 0.15) is 20.1 Å². The van der Waals surface area contributed by atoms with Gasteiger partial charge in [0.25, 0.3) is 10.0 Å². The molecule has 20 heavy (non-hydrogen) atoms. The van der Waals surface area contributed by atoms with E-state index in [2.05, 4.69) is 9.71 Å². The number of thiophene rings is 1. The zero-order chi connectivity index (χ0) is 14.9. The molecule has 2 aromatic heterocycles. The normalized spacial score (nSPS) is 11.3. The van der Waals surface area contributed by atoms with E-state index >= 15 is 0 Å². The predicted molar refractivity (Wildman–Crippen MR) is 75.8 cm³/mol. The van der Waals surface area contributed by atoms with E-state index in [1.165, 1.54) is 6.20 Å². The maximum absolute atomic E-state index is 12.2. The van der Waals surface area contributed by atoms with Crippen molar-refractivity contribution in [2.24, 2.45) is 0 Å². The molecule has 0 saturated heterocycles. The van der Waals surface area contributed by atoms with E-state index in [1.807, 2.05) is 0 Å². The van der Waals surface area contributed by atoms with Crippen LogP contribution in [0.3, 0.4) is 0 Å². The van der Waals surface area contributed by atoms with E-state index < -0.39 is 16.0 Å². The second kappa shape index (κ2) is 5.22. The molecule has 0 aromatic carbocycles. The molecule has 0 amide bonds. The zero-order valence-electron chi connectivity index (χ0n) is 10.7. The van der Waals surface area contributed by atoms with Gasteiger partial charge in [0.05, 0.1) is 11.9 Å². The number of sulfonamides is 1. The Morgan fingerprint density at radius 2 is 2.00 bits per heavy atom. The highest BCUT2D eigenvalue weighted by molar-refractivity contribution is 7.93. The Bertz CT molecular complexity index is 766. The lowest BCUT2D eigenvalue weighted by atomic mass is 10.3. The fraction of sp³-hybridized carbons (Fsp3) is 0.167. The Balaban J connectivity index is 2.38. The minimum atomic E-state index is -3.82. The molecule has 0 saturated carbocycles. The van der Waals surface area contributed by atoms with Gasteiger partial charge in [-0.3, -0.25) is 9.71 Å². The number of aryl methyl sites for hydroxylation is 2. The predicted octanol–water partition coefficient (Wildman–Crippen LogP) is 2.26. The summed E-state index contributed by atoms with van der Waals surface area (Å²) in [6.45, 7) is 3.36. The number of anilines is 1. The third kappa shape index (κ3) is 2.97. The van der Waals surface area contributed by atoms with E-state index in [0.29, 0.717) is 10.6 Å². The molecule has 2 rings (SSSR count). The molecule has 0 fully saturated rings. The van der Waals surface area contributed by atoms with Crippen LogP contribution in [0.2, 0.25) is 0 Å². The maximum atomic E-state index is 12.2. The van der Waals surface area contributed by atoms with Gasteiger partial charge in [-0.15, -0.1) is 11.3 Å². The van der Waals surface area contributed by atoms with Crippen LogP contribution in [0.15, 0.2) is 29.4 Å². The number of carboxylic acids is 1. The summed E-state index contributed by atoms with van der Waals surface area (Å²) in [4.78, 5) is 15.2. The first kappa shape index (κ1) is 14.5. The SMILES string of the molecule is Cc1cncc(NS(=O)(=O)c2cc(C(=O)O)sc2C)c1. The topological polar surface area (TPSA) is 96.4 Å². The number of nitrogens with zero attached hydrogens (tertiary/aromatic N) is 1. The van der Waals surface area contributed by atoms with Crippen LogP contribution in [0.4, 0.5) is 5.69 Å². The van der Waals surface area contributed by atoms with Gasteiger partial charge in [-0.2, -0.15) is 0 Å². The van der Waals surface area contributed by atoms with Crippen LogP contribution >= 0.6 is 11.3 Å². The summed E-state index contributed by atoms with van der Waals surface area (Å²) in [6.07, 6.45) is 3.00. The lowest BCUT2D eigenvalue weighted by molar-refractivity contribution is 0.0702. The largest absolute Gasteiger partial charge is 0.477 e. The van der Waals surface area contributed by atoms with Gasteiger partial charge in [-0.05, 0) is 31.5 Å². The fourth-order valence-corrected chi connectivity index (χ4v) is 4.12. The summed E-state index contributed by atoms with van der Waals surface area (Å²) in [5.74, 6) is -1.14. The second-order valence-corrected chi connectivity index (χ2v) is 7.10. The molecule has 0 atom stereocenters. The van der Waals surface area contributed by atoms with E-state index in [-0.39, 0.29) is 9.77 Å². The summed E-state index contributed by atoms with van der Waals surface area (Å²) in [5.41, 5.74) is 1.16. The number of rotatable bonds is 4. The standard InChI is InChI=1S/C12H12N2O4S2/c1-7-3-9(6-13-5-7)14-20(17,18)11-4-10(12(15)16)19-8(11)2/h3-6,14H,1-2H3,(H,15,16). The van der Waals surface area contributed by atoms with Gasteiger partial charge < -0.3 is 5.11 Å². The molecule has 106 valence electrons. The quantitative estimate of drug-likeness (QED) is 0.902. The maximum Gasteiger partial charge on any atom is 0.345 e. The fourth-order valence-electron chi connectivity index (χ4n) is 1.66. The summed E-state index contributed by atoms with van der Waals surface area (Å²) >= 11 is 0.929. The first-order valence-corrected chi connectivity index (χ1v) is 7.88. The molecule has 0 aliphatic carbocycles. The van der Waals surface area contributed by atoms with Crippen LogP contribution in [0.25, 0.3) is 0 Å². The van der Waals surface area contributed by atoms with Crippen LogP contribution in [0, 0.1) is 13.8 Å². The van der Waals surface area contributed by atoms with Crippen molar-refractivity contribution in [2.45, 2.75) is 18.7 Å².